The van der Waals surface area contributed by atoms with Crippen molar-refractivity contribution in [3.63, 3.8) is 0 Å². The molecule has 1 amide bonds. The minimum Gasteiger partial charge on any atom is -0.355 e. The van der Waals surface area contributed by atoms with Gasteiger partial charge in [-0.25, -0.2) is 4.98 Å². The van der Waals surface area contributed by atoms with Crippen molar-refractivity contribution >= 4 is 27.5 Å². The molecule has 0 saturated heterocycles. The first-order valence-corrected chi connectivity index (χ1v) is 9.78. The molecule has 0 unspecified atom stereocenters. The van der Waals surface area contributed by atoms with E-state index in [-0.39, 0.29) is 18.0 Å². The van der Waals surface area contributed by atoms with Gasteiger partial charge in [-0.15, -0.1) is 11.3 Å². The Morgan fingerprint density at radius 2 is 2.08 bits per heavy atom. The van der Waals surface area contributed by atoms with E-state index in [0.29, 0.717) is 18.9 Å². The van der Waals surface area contributed by atoms with Crippen molar-refractivity contribution in [3.05, 3.63) is 26.6 Å². The summed E-state index contributed by atoms with van der Waals surface area (Å²) in [6, 6.07) is 0. The second kappa shape index (κ2) is 7.66. The van der Waals surface area contributed by atoms with Gasteiger partial charge in [0.05, 0.1) is 11.9 Å². The number of aromatic nitrogens is 2. The molecule has 0 radical (unpaired) electrons. The number of amides is 1. The highest BCUT2D eigenvalue weighted by atomic mass is 32.1. The fraction of sp³-hybridized carbons (Fsp3) is 0.611. The molecular weight excluding hydrogens is 336 g/mol. The number of hydrogen-bond acceptors (Lipinski definition) is 5. The zero-order valence-electron chi connectivity index (χ0n) is 15.2. The molecule has 0 aliphatic heterocycles. The molecule has 1 aliphatic carbocycles. The molecule has 0 fully saturated rings. The van der Waals surface area contributed by atoms with Crippen molar-refractivity contribution in [1.29, 1.82) is 0 Å². The van der Waals surface area contributed by atoms with E-state index in [9.17, 15) is 9.59 Å². The van der Waals surface area contributed by atoms with Crippen LogP contribution in [0.2, 0.25) is 0 Å². The molecule has 0 aromatic carbocycles. The molecular formula is C18H26N4O2S. The summed E-state index contributed by atoms with van der Waals surface area (Å²) in [5.74, 6) is 0.530. The van der Waals surface area contributed by atoms with Crippen LogP contribution in [0.25, 0.3) is 10.2 Å². The largest absolute Gasteiger partial charge is 0.355 e. The number of aryl methyl sites for hydroxylation is 2. The van der Waals surface area contributed by atoms with Gasteiger partial charge >= 0.3 is 0 Å². The summed E-state index contributed by atoms with van der Waals surface area (Å²) in [5.41, 5.74) is 1.11. The Morgan fingerprint density at radius 3 is 2.80 bits per heavy atom. The van der Waals surface area contributed by atoms with E-state index in [1.807, 2.05) is 25.9 Å². The Morgan fingerprint density at radius 1 is 1.32 bits per heavy atom. The molecule has 2 aromatic rings. The average Bonchev–Trinajstić information content (AvgIpc) is 2.94. The fourth-order valence-corrected chi connectivity index (χ4v) is 4.58. The van der Waals surface area contributed by atoms with E-state index in [1.54, 1.807) is 15.9 Å². The van der Waals surface area contributed by atoms with Crippen LogP contribution in [0.3, 0.4) is 0 Å². The van der Waals surface area contributed by atoms with Gasteiger partial charge in [0.25, 0.3) is 5.56 Å². The molecule has 0 saturated carbocycles. The Labute approximate surface area is 151 Å². The van der Waals surface area contributed by atoms with Gasteiger partial charge in [-0.1, -0.05) is 6.92 Å². The smallest absolute Gasteiger partial charge is 0.263 e. The van der Waals surface area contributed by atoms with Crippen LogP contribution in [-0.4, -0.2) is 41.0 Å². The van der Waals surface area contributed by atoms with E-state index in [4.69, 9.17) is 4.98 Å². The summed E-state index contributed by atoms with van der Waals surface area (Å²) in [6.07, 6.45) is 5.16. The monoisotopic (exact) mass is 362 g/mol. The molecule has 1 N–H and O–H groups in total. The number of nitrogens with zero attached hydrogens (tertiary/aromatic N) is 3. The van der Waals surface area contributed by atoms with Crippen molar-refractivity contribution in [2.24, 2.45) is 0 Å². The van der Waals surface area contributed by atoms with Gasteiger partial charge in [0.1, 0.15) is 17.2 Å². The fourth-order valence-electron chi connectivity index (χ4n) is 3.31. The van der Waals surface area contributed by atoms with Crippen LogP contribution in [0, 0.1) is 0 Å². The zero-order valence-corrected chi connectivity index (χ0v) is 16.0. The first-order valence-electron chi connectivity index (χ1n) is 8.96. The maximum Gasteiger partial charge on any atom is 0.263 e. The van der Waals surface area contributed by atoms with E-state index in [2.05, 4.69) is 5.32 Å². The number of thiophene rings is 1. The predicted octanol–water partition coefficient (Wildman–Crippen LogP) is 1.92. The third-order valence-corrected chi connectivity index (χ3v) is 5.67. The van der Waals surface area contributed by atoms with Gasteiger partial charge < -0.3 is 10.2 Å². The molecule has 2 aromatic heterocycles. The number of fused-ring (bicyclic) bond motifs is 3. The lowest BCUT2D eigenvalue weighted by molar-refractivity contribution is -0.121. The summed E-state index contributed by atoms with van der Waals surface area (Å²) in [4.78, 5) is 34.3. The Hall–Kier alpha value is -1.73. The molecule has 136 valence electrons. The molecule has 1 aliphatic rings. The highest BCUT2D eigenvalue weighted by Gasteiger charge is 2.22. The predicted molar refractivity (Wildman–Crippen MR) is 101 cm³/mol. The summed E-state index contributed by atoms with van der Waals surface area (Å²) < 4.78 is 1.56. The molecule has 7 heteroatoms. The summed E-state index contributed by atoms with van der Waals surface area (Å²) in [6.45, 7) is 3.21. The van der Waals surface area contributed by atoms with Crippen molar-refractivity contribution in [2.75, 3.05) is 20.6 Å². The lowest BCUT2D eigenvalue weighted by Gasteiger charge is -2.16. The normalized spacial score (nSPS) is 14.1. The van der Waals surface area contributed by atoms with Gasteiger partial charge in [0.15, 0.2) is 0 Å². The Bertz CT molecular complexity index is 838. The van der Waals surface area contributed by atoms with Crippen LogP contribution >= 0.6 is 11.3 Å². The molecule has 3 rings (SSSR count). The maximum absolute atomic E-state index is 13.2. The van der Waals surface area contributed by atoms with Gasteiger partial charge in [-0.05, 0) is 51.8 Å². The lowest BCUT2D eigenvalue weighted by atomic mass is 9.97. The third kappa shape index (κ3) is 3.77. The van der Waals surface area contributed by atoms with Gasteiger partial charge in [-0.3, -0.25) is 14.2 Å². The summed E-state index contributed by atoms with van der Waals surface area (Å²) >= 11 is 1.65. The number of nitrogens with one attached hydrogen (secondary N) is 1. The Balaban J connectivity index is 2.09. The molecule has 6 nitrogen and oxygen atoms in total. The number of rotatable bonds is 6. The topological polar surface area (TPSA) is 67.2 Å². The van der Waals surface area contributed by atoms with Crippen LogP contribution in [0.5, 0.6) is 0 Å². The second-order valence-corrected chi connectivity index (χ2v) is 7.98. The molecule has 0 spiro atoms. The van der Waals surface area contributed by atoms with E-state index in [0.717, 1.165) is 35.9 Å². The highest BCUT2D eigenvalue weighted by molar-refractivity contribution is 7.18. The minimum absolute atomic E-state index is 0.0373. The molecule has 25 heavy (non-hydrogen) atoms. The van der Waals surface area contributed by atoms with Crippen molar-refractivity contribution < 1.29 is 4.79 Å². The van der Waals surface area contributed by atoms with Crippen LogP contribution in [0.4, 0.5) is 0 Å². The maximum atomic E-state index is 13.2. The first kappa shape index (κ1) is 18.1. The summed E-state index contributed by atoms with van der Waals surface area (Å²) in [5, 5.41) is 3.60. The number of carbonyl (C=O) groups is 1. The molecule has 2 heterocycles. The molecule has 0 bridgehead atoms. The van der Waals surface area contributed by atoms with Crippen LogP contribution in [0.1, 0.15) is 42.5 Å². The summed E-state index contributed by atoms with van der Waals surface area (Å²) in [7, 11) is 3.88. The standard InChI is InChI=1S/C18H26N4O2S/c1-4-9-19-15(23)11-22-14(10-21(2)3)20-17-16(18(22)24)12-7-5-6-8-13(12)25-17/h4-11H2,1-3H3,(H,19,23). The van der Waals surface area contributed by atoms with Crippen molar-refractivity contribution in [2.45, 2.75) is 52.1 Å². The van der Waals surface area contributed by atoms with E-state index in [1.165, 1.54) is 16.9 Å². The number of hydrogen-bond donors (Lipinski definition) is 1. The van der Waals surface area contributed by atoms with E-state index >= 15 is 0 Å². The van der Waals surface area contributed by atoms with Gasteiger partial charge in [-0.2, -0.15) is 0 Å². The van der Waals surface area contributed by atoms with Gasteiger partial charge in [0.2, 0.25) is 5.91 Å². The quantitative estimate of drug-likeness (QED) is 0.853. The zero-order chi connectivity index (χ0) is 18.0. The Kier molecular flexibility index (Phi) is 5.54. The van der Waals surface area contributed by atoms with Crippen LogP contribution < -0.4 is 10.9 Å². The third-order valence-electron chi connectivity index (χ3n) is 4.49. The van der Waals surface area contributed by atoms with Crippen molar-refractivity contribution in [3.8, 4) is 0 Å². The second-order valence-electron chi connectivity index (χ2n) is 6.90. The first-order chi connectivity index (χ1) is 12.0. The SMILES string of the molecule is CCCNC(=O)Cn1c(CN(C)C)nc2sc3c(c2c1=O)CCCC3. The minimum atomic E-state index is -0.130. The van der Waals surface area contributed by atoms with Crippen LogP contribution in [-0.2, 0) is 30.7 Å². The number of carbonyl (C=O) groups excluding carboxylic acids is 1. The molecule has 0 atom stereocenters. The van der Waals surface area contributed by atoms with Crippen LogP contribution in [0.15, 0.2) is 4.79 Å². The van der Waals surface area contributed by atoms with E-state index < -0.39 is 0 Å². The van der Waals surface area contributed by atoms with Gasteiger partial charge in [0, 0.05) is 11.4 Å². The lowest BCUT2D eigenvalue weighted by Crippen LogP contribution is -2.36. The van der Waals surface area contributed by atoms with Crippen molar-refractivity contribution in [1.82, 2.24) is 19.8 Å². The highest BCUT2D eigenvalue weighted by Crippen LogP contribution is 2.33. The average molecular weight is 362 g/mol.